The van der Waals surface area contributed by atoms with Gasteiger partial charge in [0, 0.05) is 5.41 Å². The van der Waals surface area contributed by atoms with E-state index in [9.17, 15) is 0 Å². The number of aliphatic imine (C=N–C) groups is 1. The van der Waals surface area contributed by atoms with Crippen LogP contribution in [0.3, 0.4) is 0 Å². The van der Waals surface area contributed by atoms with Crippen molar-refractivity contribution in [1.82, 2.24) is 9.78 Å². The third-order valence-corrected chi connectivity index (χ3v) is 3.79. The van der Waals surface area contributed by atoms with Crippen LogP contribution in [0.1, 0.15) is 37.7 Å². The third-order valence-electron chi connectivity index (χ3n) is 3.79. The zero-order chi connectivity index (χ0) is 15.9. The summed E-state index contributed by atoms with van der Waals surface area (Å²) in [6, 6.07) is 7.85. The van der Waals surface area contributed by atoms with E-state index in [1.807, 2.05) is 22.9 Å². The topological polar surface area (TPSA) is 48.6 Å². The van der Waals surface area contributed by atoms with Gasteiger partial charge in [0.1, 0.15) is 17.1 Å². The molecule has 0 radical (unpaired) electrons. The summed E-state index contributed by atoms with van der Waals surface area (Å²) in [5, 5.41) is 4.75. The van der Waals surface area contributed by atoms with Crippen molar-refractivity contribution in [3.05, 3.63) is 41.2 Å². The molecule has 3 rings (SSSR count). The van der Waals surface area contributed by atoms with Crippen LogP contribution in [0.15, 0.2) is 29.3 Å². The Labute approximate surface area is 130 Å². The van der Waals surface area contributed by atoms with Gasteiger partial charge in [-0.1, -0.05) is 26.8 Å². The fourth-order valence-electron chi connectivity index (χ4n) is 2.56. The number of hydrogen-bond donors (Lipinski definition) is 0. The van der Waals surface area contributed by atoms with Crippen LogP contribution in [0.5, 0.6) is 11.5 Å². The summed E-state index contributed by atoms with van der Waals surface area (Å²) in [4.78, 5) is 4.63. The highest BCUT2D eigenvalue weighted by atomic mass is 16.5. The molecule has 0 atom stereocenters. The highest BCUT2D eigenvalue weighted by Gasteiger charge is 2.28. The van der Waals surface area contributed by atoms with E-state index in [1.165, 1.54) is 0 Å². The van der Waals surface area contributed by atoms with Gasteiger partial charge in [-0.2, -0.15) is 5.10 Å². The summed E-state index contributed by atoms with van der Waals surface area (Å²) in [6.45, 7) is 7.10. The molecule has 0 saturated heterocycles. The van der Waals surface area contributed by atoms with Crippen molar-refractivity contribution < 1.29 is 9.47 Å². The Morgan fingerprint density at radius 3 is 2.27 bits per heavy atom. The van der Waals surface area contributed by atoms with Crippen LogP contribution in [0.4, 0.5) is 0 Å². The number of nitrogens with zero attached hydrogens (tertiary/aromatic N) is 3. The Morgan fingerprint density at radius 2 is 1.73 bits per heavy atom. The van der Waals surface area contributed by atoms with Crippen LogP contribution in [0, 0.1) is 0 Å². The lowest BCUT2D eigenvalue weighted by atomic mass is 9.92. The quantitative estimate of drug-likeness (QED) is 0.875. The van der Waals surface area contributed by atoms with Crippen molar-refractivity contribution in [2.75, 3.05) is 14.2 Å². The first-order valence-electron chi connectivity index (χ1n) is 7.31. The summed E-state index contributed by atoms with van der Waals surface area (Å²) in [6.07, 6.45) is 0. The minimum atomic E-state index is 0.00725. The van der Waals surface area contributed by atoms with Crippen molar-refractivity contribution in [2.24, 2.45) is 4.99 Å². The number of fused-ring (bicyclic) bond motifs is 1. The van der Waals surface area contributed by atoms with E-state index in [1.54, 1.807) is 14.2 Å². The van der Waals surface area contributed by atoms with Gasteiger partial charge in [0.25, 0.3) is 0 Å². The monoisotopic (exact) mass is 299 g/mol. The second-order valence-electron chi connectivity index (χ2n) is 6.36. The average molecular weight is 299 g/mol. The van der Waals surface area contributed by atoms with Gasteiger partial charge in [0.15, 0.2) is 5.84 Å². The average Bonchev–Trinajstić information content (AvgIpc) is 3.06. The standard InChI is InChI=1S/C17H21N3O2/c1-17(2,3)14-9-11-10-18-16(20(11)19-14)15-12(21-4)7-6-8-13(15)22-5/h6-9H,10H2,1-5H3. The molecule has 2 heterocycles. The van der Waals surface area contributed by atoms with Gasteiger partial charge >= 0.3 is 0 Å². The first kappa shape index (κ1) is 14.6. The van der Waals surface area contributed by atoms with Crippen LogP contribution in [0.25, 0.3) is 0 Å². The second-order valence-corrected chi connectivity index (χ2v) is 6.36. The van der Waals surface area contributed by atoms with Crippen LogP contribution < -0.4 is 9.47 Å². The Balaban J connectivity index is 2.13. The van der Waals surface area contributed by atoms with E-state index >= 15 is 0 Å². The van der Waals surface area contributed by atoms with E-state index in [4.69, 9.17) is 14.6 Å². The Kier molecular flexibility index (Phi) is 3.43. The van der Waals surface area contributed by atoms with E-state index < -0.39 is 0 Å². The fourth-order valence-corrected chi connectivity index (χ4v) is 2.56. The molecule has 0 amide bonds. The minimum absolute atomic E-state index is 0.00725. The van der Waals surface area contributed by atoms with Gasteiger partial charge < -0.3 is 9.47 Å². The van der Waals surface area contributed by atoms with Gasteiger partial charge in [0.2, 0.25) is 0 Å². The molecule has 1 aliphatic rings. The predicted molar refractivity (Wildman–Crippen MR) is 86.1 cm³/mol. The summed E-state index contributed by atoms with van der Waals surface area (Å²) in [5.74, 6) is 2.25. The summed E-state index contributed by atoms with van der Waals surface area (Å²) < 4.78 is 12.9. The fraction of sp³-hybridized carbons (Fsp3) is 0.412. The summed E-state index contributed by atoms with van der Waals surface area (Å²) in [7, 11) is 3.30. The molecule has 0 spiro atoms. The molecule has 1 aliphatic heterocycles. The van der Waals surface area contributed by atoms with Crippen molar-refractivity contribution in [1.29, 1.82) is 0 Å². The number of hydrogen-bond acceptors (Lipinski definition) is 4. The van der Waals surface area contributed by atoms with Gasteiger partial charge in [-0.25, -0.2) is 4.68 Å². The number of aromatic nitrogens is 2. The van der Waals surface area contributed by atoms with Gasteiger partial charge in [0.05, 0.1) is 32.2 Å². The van der Waals surface area contributed by atoms with Crippen molar-refractivity contribution >= 4 is 5.84 Å². The molecule has 1 aromatic heterocycles. The largest absolute Gasteiger partial charge is 0.496 e. The van der Waals surface area contributed by atoms with E-state index in [-0.39, 0.29) is 5.41 Å². The van der Waals surface area contributed by atoms with Crippen LogP contribution in [-0.4, -0.2) is 29.8 Å². The number of benzene rings is 1. The highest BCUT2D eigenvalue weighted by Crippen LogP contribution is 2.33. The van der Waals surface area contributed by atoms with E-state index in [2.05, 4.69) is 31.8 Å². The van der Waals surface area contributed by atoms with Crippen LogP contribution >= 0.6 is 0 Å². The molecule has 0 fully saturated rings. The zero-order valence-corrected chi connectivity index (χ0v) is 13.7. The lowest BCUT2D eigenvalue weighted by Gasteiger charge is -2.16. The maximum atomic E-state index is 5.49. The Morgan fingerprint density at radius 1 is 1.09 bits per heavy atom. The summed E-state index contributed by atoms with van der Waals surface area (Å²) in [5.41, 5.74) is 3.00. The number of rotatable bonds is 3. The van der Waals surface area contributed by atoms with Crippen molar-refractivity contribution in [3.8, 4) is 11.5 Å². The molecular weight excluding hydrogens is 278 g/mol. The predicted octanol–water partition coefficient (Wildman–Crippen LogP) is 3.01. The molecule has 2 aromatic rings. The number of ether oxygens (including phenoxy) is 2. The highest BCUT2D eigenvalue weighted by molar-refractivity contribution is 6.06. The van der Waals surface area contributed by atoms with Crippen molar-refractivity contribution in [3.63, 3.8) is 0 Å². The van der Waals surface area contributed by atoms with E-state index in [0.717, 1.165) is 34.3 Å². The molecule has 5 nitrogen and oxygen atoms in total. The normalized spacial score (nSPS) is 13.8. The first-order valence-corrected chi connectivity index (χ1v) is 7.31. The first-order chi connectivity index (χ1) is 10.5. The molecule has 0 unspecified atom stereocenters. The van der Waals surface area contributed by atoms with Crippen LogP contribution in [-0.2, 0) is 12.0 Å². The molecular formula is C17H21N3O2. The minimum Gasteiger partial charge on any atom is -0.496 e. The molecule has 5 heteroatoms. The molecule has 1 aromatic carbocycles. The molecule has 22 heavy (non-hydrogen) atoms. The second kappa shape index (κ2) is 5.16. The third kappa shape index (κ3) is 2.26. The lowest BCUT2D eigenvalue weighted by Crippen LogP contribution is -2.18. The van der Waals surface area contributed by atoms with Gasteiger partial charge in [-0.15, -0.1) is 0 Å². The Bertz CT molecular complexity index is 717. The molecule has 0 bridgehead atoms. The van der Waals surface area contributed by atoms with Crippen LogP contribution in [0.2, 0.25) is 0 Å². The molecule has 0 N–H and O–H groups in total. The molecule has 0 aliphatic carbocycles. The maximum absolute atomic E-state index is 5.49. The van der Waals surface area contributed by atoms with E-state index in [0.29, 0.717) is 6.54 Å². The summed E-state index contributed by atoms with van der Waals surface area (Å²) >= 11 is 0. The van der Waals surface area contributed by atoms with Crippen molar-refractivity contribution in [2.45, 2.75) is 32.7 Å². The smallest absolute Gasteiger partial charge is 0.164 e. The lowest BCUT2D eigenvalue weighted by molar-refractivity contribution is 0.392. The zero-order valence-electron chi connectivity index (χ0n) is 13.7. The molecule has 116 valence electrons. The SMILES string of the molecule is COc1cccc(OC)c1C1=NCc2cc(C(C)(C)C)nn21. The molecule has 0 saturated carbocycles. The Hall–Kier alpha value is -2.30. The number of methoxy groups -OCH3 is 2. The van der Waals surface area contributed by atoms with Gasteiger partial charge in [-0.05, 0) is 18.2 Å². The van der Waals surface area contributed by atoms with Gasteiger partial charge in [-0.3, -0.25) is 4.99 Å². The maximum Gasteiger partial charge on any atom is 0.164 e.